The van der Waals surface area contributed by atoms with E-state index in [0.29, 0.717) is 5.69 Å². The number of hydrogen-bond acceptors (Lipinski definition) is 5. The third-order valence-electron chi connectivity index (χ3n) is 2.75. The number of aromatic nitrogens is 2. The van der Waals surface area contributed by atoms with Crippen molar-refractivity contribution in [3.63, 3.8) is 0 Å². The van der Waals surface area contributed by atoms with E-state index in [0.717, 1.165) is 5.56 Å². The molecule has 1 atom stereocenters. The van der Waals surface area contributed by atoms with Gasteiger partial charge in [0.1, 0.15) is 10.6 Å². The highest BCUT2D eigenvalue weighted by molar-refractivity contribution is 7.89. The second-order valence-electron chi connectivity index (χ2n) is 4.28. The van der Waals surface area contributed by atoms with Crippen molar-refractivity contribution in [1.29, 1.82) is 0 Å². The van der Waals surface area contributed by atoms with E-state index in [1.165, 1.54) is 0 Å². The van der Waals surface area contributed by atoms with E-state index in [2.05, 4.69) is 14.9 Å². The fourth-order valence-corrected chi connectivity index (χ4v) is 3.41. The van der Waals surface area contributed by atoms with Crippen LogP contribution in [0.3, 0.4) is 0 Å². The maximum absolute atomic E-state index is 12.3. The lowest BCUT2D eigenvalue weighted by atomic mass is 10.2. The average molecular weight is 281 g/mol. The lowest BCUT2D eigenvalue weighted by Gasteiger charge is -2.13. The van der Waals surface area contributed by atoms with Crippen molar-refractivity contribution in [3.8, 4) is 0 Å². The molecule has 102 valence electrons. The Morgan fingerprint density at radius 1 is 1.37 bits per heavy atom. The molecule has 1 N–H and O–H groups in total. The molecule has 6 nitrogen and oxygen atoms in total. The molecule has 19 heavy (non-hydrogen) atoms. The SMILES string of the molecule is Cc1noc(C)c1S(=O)(=O)N[C@H](C)c1cccnc1. The van der Waals surface area contributed by atoms with Gasteiger partial charge in [-0.25, -0.2) is 13.1 Å². The normalized spacial score (nSPS) is 13.4. The van der Waals surface area contributed by atoms with Gasteiger partial charge in [0.05, 0.1) is 0 Å². The molecular formula is C12H15N3O3S. The standard InChI is InChI=1S/C12H15N3O3S/c1-8(11-5-4-6-13-7-11)15-19(16,17)12-9(2)14-18-10(12)3/h4-8,15H,1-3H3/t8-/m1/s1. The van der Waals surface area contributed by atoms with Crippen molar-refractivity contribution in [2.45, 2.75) is 31.7 Å². The average Bonchev–Trinajstić information content (AvgIpc) is 2.70. The topological polar surface area (TPSA) is 85.1 Å². The Labute approximate surface area is 111 Å². The van der Waals surface area contributed by atoms with Crippen LogP contribution < -0.4 is 4.72 Å². The highest BCUT2D eigenvalue weighted by atomic mass is 32.2. The summed E-state index contributed by atoms with van der Waals surface area (Å²) in [5.74, 6) is 0.281. The van der Waals surface area contributed by atoms with E-state index in [1.54, 1.807) is 39.2 Å². The summed E-state index contributed by atoms with van der Waals surface area (Å²) in [5.41, 5.74) is 1.14. The molecule has 0 amide bonds. The van der Waals surface area contributed by atoms with Crippen LogP contribution in [0.1, 0.15) is 30.0 Å². The van der Waals surface area contributed by atoms with Gasteiger partial charge in [0.2, 0.25) is 10.0 Å². The summed E-state index contributed by atoms with van der Waals surface area (Å²) in [7, 11) is -3.66. The summed E-state index contributed by atoms with van der Waals surface area (Å²) in [5, 5.41) is 3.66. The Balaban J connectivity index is 2.28. The lowest BCUT2D eigenvalue weighted by molar-refractivity contribution is 0.390. The van der Waals surface area contributed by atoms with Gasteiger partial charge in [0, 0.05) is 18.4 Å². The van der Waals surface area contributed by atoms with E-state index in [-0.39, 0.29) is 16.7 Å². The zero-order chi connectivity index (χ0) is 14.0. The number of nitrogens with zero attached hydrogens (tertiary/aromatic N) is 2. The molecule has 0 spiro atoms. The lowest BCUT2D eigenvalue weighted by Crippen LogP contribution is -2.27. The Kier molecular flexibility index (Phi) is 3.68. The minimum Gasteiger partial charge on any atom is -0.360 e. The van der Waals surface area contributed by atoms with Gasteiger partial charge in [-0.15, -0.1) is 0 Å². The number of pyridine rings is 1. The van der Waals surface area contributed by atoms with Crippen LogP contribution in [0.4, 0.5) is 0 Å². The van der Waals surface area contributed by atoms with Crippen molar-refractivity contribution >= 4 is 10.0 Å². The molecule has 0 saturated heterocycles. The molecule has 0 aliphatic rings. The largest absolute Gasteiger partial charge is 0.360 e. The van der Waals surface area contributed by atoms with E-state index in [1.807, 2.05) is 6.07 Å². The molecule has 0 aliphatic carbocycles. The van der Waals surface area contributed by atoms with Gasteiger partial charge in [-0.1, -0.05) is 11.2 Å². The second-order valence-corrected chi connectivity index (χ2v) is 5.93. The first-order valence-electron chi connectivity index (χ1n) is 5.77. The van der Waals surface area contributed by atoms with Gasteiger partial charge in [-0.05, 0) is 32.4 Å². The molecule has 0 saturated carbocycles. The zero-order valence-electron chi connectivity index (χ0n) is 10.9. The summed E-state index contributed by atoms with van der Waals surface area (Å²) in [6.45, 7) is 4.93. The fraction of sp³-hybridized carbons (Fsp3) is 0.333. The van der Waals surface area contributed by atoms with E-state index in [4.69, 9.17) is 4.52 Å². The quantitative estimate of drug-likeness (QED) is 0.922. The van der Waals surface area contributed by atoms with Crippen LogP contribution in [-0.4, -0.2) is 18.6 Å². The summed E-state index contributed by atoms with van der Waals surface area (Å²) < 4.78 is 32.1. The number of hydrogen-bond donors (Lipinski definition) is 1. The first-order valence-corrected chi connectivity index (χ1v) is 7.25. The van der Waals surface area contributed by atoms with Crippen LogP contribution in [0.25, 0.3) is 0 Å². The summed E-state index contributed by atoms with van der Waals surface area (Å²) in [6.07, 6.45) is 3.26. The maximum atomic E-state index is 12.3. The number of nitrogens with one attached hydrogen (secondary N) is 1. The van der Waals surface area contributed by atoms with Crippen molar-refractivity contribution in [3.05, 3.63) is 41.5 Å². The van der Waals surface area contributed by atoms with Gasteiger partial charge in [-0.3, -0.25) is 4.98 Å². The molecule has 0 unspecified atom stereocenters. The van der Waals surface area contributed by atoms with Crippen molar-refractivity contribution in [2.24, 2.45) is 0 Å². The van der Waals surface area contributed by atoms with Crippen molar-refractivity contribution in [2.75, 3.05) is 0 Å². The van der Waals surface area contributed by atoms with Crippen LogP contribution in [0.5, 0.6) is 0 Å². The van der Waals surface area contributed by atoms with Crippen LogP contribution in [0.2, 0.25) is 0 Å². The molecule has 2 aromatic rings. The highest BCUT2D eigenvalue weighted by Gasteiger charge is 2.26. The third kappa shape index (κ3) is 2.82. The first-order chi connectivity index (χ1) is 8.92. The van der Waals surface area contributed by atoms with Gasteiger partial charge < -0.3 is 4.52 Å². The molecule has 0 radical (unpaired) electrons. The molecular weight excluding hydrogens is 266 g/mol. The Bertz CT molecular complexity index is 645. The molecule has 2 aromatic heterocycles. The van der Waals surface area contributed by atoms with Crippen LogP contribution in [-0.2, 0) is 10.0 Å². The maximum Gasteiger partial charge on any atom is 0.246 e. The van der Waals surface area contributed by atoms with Gasteiger partial charge >= 0.3 is 0 Å². The Hall–Kier alpha value is -1.73. The zero-order valence-corrected chi connectivity index (χ0v) is 11.7. The monoisotopic (exact) mass is 281 g/mol. The summed E-state index contributed by atoms with van der Waals surface area (Å²) in [4.78, 5) is 4.07. The predicted octanol–water partition coefficient (Wildman–Crippen LogP) is 1.73. The molecule has 2 heterocycles. The Morgan fingerprint density at radius 2 is 2.11 bits per heavy atom. The minimum absolute atomic E-state index is 0.100. The molecule has 0 aliphatic heterocycles. The second kappa shape index (κ2) is 5.10. The molecule has 0 aromatic carbocycles. The molecule has 0 fully saturated rings. The van der Waals surface area contributed by atoms with Crippen molar-refractivity contribution < 1.29 is 12.9 Å². The number of sulfonamides is 1. The Morgan fingerprint density at radius 3 is 2.63 bits per heavy atom. The number of rotatable bonds is 4. The minimum atomic E-state index is -3.66. The van der Waals surface area contributed by atoms with Crippen molar-refractivity contribution in [1.82, 2.24) is 14.9 Å². The van der Waals surface area contributed by atoms with Crippen LogP contribution >= 0.6 is 0 Å². The molecule has 2 rings (SSSR count). The van der Waals surface area contributed by atoms with E-state index < -0.39 is 10.0 Å². The smallest absolute Gasteiger partial charge is 0.246 e. The van der Waals surface area contributed by atoms with E-state index in [9.17, 15) is 8.42 Å². The van der Waals surface area contributed by atoms with Gasteiger partial charge in [0.15, 0.2) is 5.76 Å². The first kappa shape index (κ1) is 13.7. The number of aryl methyl sites for hydroxylation is 2. The molecule has 0 bridgehead atoms. The van der Waals surface area contributed by atoms with E-state index >= 15 is 0 Å². The molecule has 7 heteroatoms. The van der Waals surface area contributed by atoms with Crippen LogP contribution in [0.15, 0.2) is 33.9 Å². The highest BCUT2D eigenvalue weighted by Crippen LogP contribution is 2.21. The van der Waals surface area contributed by atoms with Gasteiger partial charge in [0.25, 0.3) is 0 Å². The van der Waals surface area contributed by atoms with Gasteiger partial charge in [-0.2, -0.15) is 0 Å². The van der Waals surface area contributed by atoms with Crippen LogP contribution in [0, 0.1) is 13.8 Å². The summed E-state index contributed by atoms with van der Waals surface area (Å²) in [6, 6.07) is 3.19. The third-order valence-corrected chi connectivity index (χ3v) is 4.54. The summed E-state index contributed by atoms with van der Waals surface area (Å²) >= 11 is 0. The fourth-order valence-electron chi connectivity index (χ4n) is 1.85. The predicted molar refractivity (Wildman–Crippen MR) is 69.0 cm³/mol.